The quantitative estimate of drug-likeness (QED) is 0.900. The second kappa shape index (κ2) is 5.83. The lowest BCUT2D eigenvalue weighted by molar-refractivity contribution is -0.145. The topological polar surface area (TPSA) is 66.4 Å². The fourth-order valence-electron chi connectivity index (χ4n) is 2.64. The fourth-order valence-corrected chi connectivity index (χ4v) is 2.96. The zero-order valence-corrected chi connectivity index (χ0v) is 12.2. The molecule has 1 aromatic rings. The monoisotopic (exact) mass is 295 g/mol. The Morgan fingerprint density at radius 3 is 2.45 bits per heavy atom. The molecule has 0 heterocycles. The molecule has 0 aromatic heterocycles. The number of carbonyl (C=O) groups excluding carboxylic acids is 1. The Hall–Kier alpha value is -1.55. The largest absolute Gasteiger partial charge is 0.480 e. The molecule has 0 saturated heterocycles. The number of aliphatic carboxylic acids is 1. The minimum Gasteiger partial charge on any atom is -0.480 e. The van der Waals surface area contributed by atoms with E-state index in [1.54, 1.807) is 18.2 Å². The zero-order chi connectivity index (χ0) is 14.8. The van der Waals surface area contributed by atoms with E-state index in [-0.39, 0.29) is 0 Å². The highest BCUT2D eigenvalue weighted by atomic mass is 35.5. The molecule has 1 saturated carbocycles. The predicted octanol–water partition coefficient (Wildman–Crippen LogP) is 3.17. The van der Waals surface area contributed by atoms with E-state index in [2.05, 4.69) is 5.32 Å². The summed E-state index contributed by atoms with van der Waals surface area (Å²) in [5.74, 6) is -1.38. The Morgan fingerprint density at radius 2 is 1.90 bits per heavy atom. The molecule has 20 heavy (non-hydrogen) atoms. The third-order valence-electron chi connectivity index (χ3n) is 3.84. The SMILES string of the molecule is Cc1ccc(C(=O)NC2(C(=O)O)CCCCC2)c(Cl)c1. The maximum absolute atomic E-state index is 12.3. The van der Waals surface area contributed by atoms with Gasteiger partial charge in [0.1, 0.15) is 5.54 Å². The highest BCUT2D eigenvalue weighted by Gasteiger charge is 2.41. The van der Waals surface area contributed by atoms with Gasteiger partial charge in [0.25, 0.3) is 5.91 Å². The standard InChI is InChI=1S/C15H18ClNO3/c1-10-5-6-11(12(16)9-10)13(18)17-15(14(19)20)7-3-2-4-8-15/h5-6,9H,2-4,7-8H2,1H3,(H,17,18)(H,19,20). The lowest BCUT2D eigenvalue weighted by Crippen LogP contribution is -2.55. The zero-order valence-electron chi connectivity index (χ0n) is 11.4. The summed E-state index contributed by atoms with van der Waals surface area (Å²) in [5, 5.41) is 12.5. The van der Waals surface area contributed by atoms with Crippen LogP contribution < -0.4 is 5.32 Å². The highest BCUT2D eigenvalue weighted by molar-refractivity contribution is 6.34. The minimum absolute atomic E-state index is 0.323. The second-order valence-corrected chi connectivity index (χ2v) is 5.79. The number of halogens is 1. The van der Waals surface area contributed by atoms with E-state index in [4.69, 9.17) is 11.6 Å². The Balaban J connectivity index is 2.22. The van der Waals surface area contributed by atoms with Gasteiger partial charge < -0.3 is 10.4 Å². The smallest absolute Gasteiger partial charge is 0.329 e. The Labute approximate surface area is 123 Å². The molecule has 1 aliphatic rings. The molecule has 2 N–H and O–H groups in total. The number of amides is 1. The van der Waals surface area contributed by atoms with Crippen molar-refractivity contribution in [3.8, 4) is 0 Å². The van der Waals surface area contributed by atoms with Crippen LogP contribution in [0, 0.1) is 6.92 Å². The van der Waals surface area contributed by atoms with Crippen molar-refractivity contribution in [3.05, 3.63) is 34.3 Å². The van der Waals surface area contributed by atoms with Crippen LogP contribution >= 0.6 is 11.6 Å². The number of rotatable bonds is 3. The van der Waals surface area contributed by atoms with Gasteiger partial charge >= 0.3 is 5.97 Å². The molecule has 0 aliphatic heterocycles. The summed E-state index contributed by atoms with van der Waals surface area (Å²) in [6, 6.07) is 5.12. The van der Waals surface area contributed by atoms with Crippen molar-refractivity contribution in [3.63, 3.8) is 0 Å². The molecule has 0 spiro atoms. The van der Waals surface area contributed by atoms with Gasteiger partial charge in [-0.15, -0.1) is 0 Å². The van der Waals surface area contributed by atoms with Gasteiger partial charge in [-0.2, -0.15) is 0 Å². The third kappa shape index (κ3) is 2.96. The van der Waals surface area contributed by atoms with Crippen LogP contribution in [0.4, 0.5) is 0 Å². The van der Waals surface area contributed by atoms with Gasteiger partial charge in [0, 0.05) is 0 Å². The van der Waals surface area contributed by atoms with Crippen LogP contribution in [-0.2, 0) is 4.79 Å². The van der Waals surface area contributed by atoms with Crippen LogP contribution in [0.25, 0.3) is 0 Å². The van der Waals surface area contributed by atoms with E-state index < -0.39 is 17.4 Å². The normalized spacial score (nSPS) is 17.5. The van der Waals surface area contributed by atoms with Gasteiger partial charge in [-0.1, -0.05) is 36.9 Å². The van der Waals surface area contributed by atoms with E-state index in [1.807, 2.05) is 6.92 Å². The van der Waals surface area contributed by atoms with E-state index in [1.165, 1.54) is 0 Å². The van der Waals surface area contributed by atoms with Gasteiger partial charge in [-0.05, 0) is 37.5 Å². The summed E-state index contributed by atoms with van der Waals surface area (Å²) in [4.78, 5) is 23.8. The first-order chi connectivity index (χ1) is 9.44. The number of benzene rings is 1. The van der Waals surface area contributed by atoms with E-state index in [0.29, 0.717) is 23.4 Å². The van der Waals surface area contributed by atoms with E-state index in [9.17, 15) is 14.7 Å². The van der Waals surface area contributed by atoms with Gasteiger partial charge in [0.2, 0.25) is 0 Å². The van der Waals surface area contributed by atoms with Crippen molar-refractivity contribution < 1.29 is 14.7 Å². The lowest BCUT2D eigenvalue weighted by atomic mass is 9.81. The molecule has 1 aromatic carbocycles. The fraction of sp³-hybridized carbons (Fsp3) is 0.467. The summed E-state index contributed by atoms with van der Waals surface area (Å²) >= 11 is 6.06. The summed E-state index contributed by atoms with van der Waals surface area (Å²) in [5.41, 5.74) is 0.129. The van der Waals surface area contributed by atoms with Crippen LogP contribution in [0.15, 0.2) is 18.2 Å². The average Bonchev–Trinajstić information content (AvgIpc) is 2.39. The maximum atomic E-state index is 12.3. The lowest BCUT2D eigenvalue weighted by Gasteiger charge is -2.34. The first kappa shape index (κ1) is 14.9. The molecule has 0 unspecified atom stereocenters. The van der Waals surface area contributed by atoms with Crippen molar-refractivity contribution >= 4 is 23.5 Å². The molecule has 4 nitrogen and oxygen atoms in total. The summed E-state index contributed by atoms with van der Waals surface area (Å²) in [6.45, 7) is 1.88. The van der Waals surface area contributed by atoms with Gasteiger partial charge in [0.05, 0.1) is 10.6 Å². The molecule has 2 rings (SSSR count). The highest BCUT2D eigenvalue weighted by Crippen LogP contribution is 2.29. The number of carboxylic acid groups (broad SMARTS) is 1. The Morgan fingerprint density at radius 1 is 1.25 bits per heavy atom. The molecule has 5 heteroatoms. The molecular weight excluding hydrogens is 278 g/mol. The van der Waals surface area contributed by atoms with Crippen LogP contribution in [0.5, 0.6) is 0 Å². The van der Waals surface area contributed by atoms with E-state index >= 15 is 0 Å². The summed E-state index contributed by atoms with van der Waals surface area (Å²) < 4.78 is 0. The molecule has 1 fully saturated rings. The second-order valence-electron chi connectivity index (χ2n) is 5.39. The van der Waals surface area contributed by atoms with Crippen molar-refractivity contribution in [2.75, 3.05) is 0 Å². The number of carbonyl (C=O) groups is 2. The first-order valence-electron chi connectivity index (χ1n) is 6.77. The van der Waals surface area contributed by atoms with Crippen molar-refractivity contribution in [2.45, 2.75) is 44.6 Å². The molecular formula is C15H18ClNO3. The van der Waals surface area contributed by atoms with Crippen molar-refractivity contribution in [1.82, 2.24) is 5.32 Å². The number of hydrogen-bond acceptors (Lipinski definition) is 2. The van der Waals surface area contributed by atoms with Crippen LogP contribution in [-0.4, -0.2) is 22.5 Å². The number of nitrogens with one attached hydrogen (secondary N) is 1. The number of carboxylic acids is 1. The number of hydrogen-bond donors (Lipinski definition) is 2. The third-order valence-corrected chi connectivity index (χ3v) is 4.15. The van der Waals surface area contributed by atoms with Gasteiger partial charge in [-0.3, -0.25) is 4.79 Å². The van der Waals surface area contributed by atoms with Crippen LogP contribution in [0.2, 0.25) is 5.02 Å². The molecule has 0 radical (unpaired) electrons. The molecule has 0 atom stereocenters. The molecule has 1 amide bonds. The molecule has 0 bridgehead atoms. The average molecular weight is 296 g/mol. The Bertz CT molecular complexity index is 536. The van der Waals surface area contributed by atoms with Crippen molar-refractivity contribution in [2.24, 2.45) is 0 Å². The van der Waals surface area contributed by atoms with Gasteiger partial charge in [-0.25, -0.2) is 4.79 Å². The minimum atomic E-state index is -1.15. The maximum Gasteiger partial charge on any atom is 0.329 e. The molecule has 1 aliphatic carbocycles. The van der Waals surface area contributed by atoms with E-state index in [0.717, 1.165) is 24.8 Å². The van der Waals surface area contributed by atoms with Crippen LogP contribution in [0.3, 0.4) is 0 Å². The van der Waals surface area contributed by atoms with Gasteiger partial charge in [0.15, 0.2) is 0 Å². The van der Waals surface area contributed by atoms with Crippen LogP contribution in [0.1, 0.15) is 48.0 Å². The predicted molar refractivity (Wildman–Crippen MR) is 77.1 cm³/mol. The summed E-state index contributed by atoms with van der Waals surface area (Å²) in [6.07, 6.45) is 3.58. The molecule has 108 valence electrons. The summed E-state index contributed by atoms with van der Waals surface area (Å²) in [7, 11) is 0. The Kier molecular flexibility index (Phi) is 4.33. The number of aryl methyl sites for hydroxylation is 1. The first-order valence-corrected chi connectivity index (χ1v) is 7.14. The van der Waals surface area contributed by atoms with Crippen molar-refractivity contribution in [1.29, 1.82) is 0 Å².